The number of benzene rings is 2. The van der Waals surface area contributed by atoms with Crippen LogP contribution in [0.2, 0.25) is 0 Å². The molecular formula is C29H36IN5O4. The number of nitrogens with one attached hydrogen (secondary N) is 1. The second-order valence-electron chi connectivity index (χ2n) is 10.1. The standard InChI is InChI=1S/C19H23N5O4.C10H13I/c1-11(7-12-5-3-2-4-6-12)23-17-14-18(21-9-20-17)24(10-22-14)19-16(27)15(26)13(8-25)28-19;1-6-5-10(11)9(4)8(3)7(6)2/h2-6,9-11,13,15-16,19,25-27H,7-8H2,1H3,(H,20,21,23);5H,1-4H3/t11-,13-,15-,16-,19-;/m1./s1. The number of anilines is 1. The summed E-state index contributed by atoms with van der Waals surface area (Å²) in [6.45, 7) is 10.4. The molecule has 0 spiro atoms. The minimum absolute atomic E-state index is 0.111. The molecule has 1 aliphatic rings. The minimum atomic E-state index is -1.20. The Morgan fingerprint density at radius 2 is 1.72 bits per heavy atom. The number of aliphatic hydroxyl groups excluding tert-OH is 3. The fraction of sp³-hybridized carbons (Fsp3) is 0.414. The molecular weight excluding hydrogens is 609 g/mol. The van der Waals surface area contributed by atoms with Gasteiger partial charge in [-0.25, -0.2) is 15.0 Å². The van der Waals surface area contributed by atoms with E-state index in [0.29, 0.717) is 17.0 Å². The first-order valence-corrected chi connectivity index (χ1v) is 14.0. The van der Waals surface area contributed by atoms with E-state index in [4.69, 9.17) is 4.74 Å². The lowest BCUT2D eigenvalue weighted by atomic mass is 10.0. The number of imidazole rings is 1. The summed E-state index contributed by atoms with van der Waals surface area (Å²) in [5.41, 5.74) is 7.92. The Hall–Kier alpha value is -2.64. The number of aliphatic hydroxyl groups is 3. The van der Waals surface area contributed by atoms with E-state index in [2.05, 4.69) is 95.7 Å². The Morgan fingerprint density at radius 3 is 2.38 bits per heavy atom. The van der Waals surface area contributed by atoms with Gasteiger partial charge in [0.25, 0.3) is 0 Å². The maximum Gasteiger partial charge on any atom is 0.167 e. The molecule has 4 N–H and O–H groups in total. The molecule has 10 heteroatoms. The SMILES string of the molecule is C[C@H](Cc1ccccc1)Nc1ncnc2c1ncn2[C@@H]1O[C@H](CO)[C@@H](O)[C@H]1O.Cc1cc(I)c(C)c(C)c1C. The van der Waals surface area contributed by atoms with Crippen LogP contribution >= 0.6 is 22.6 Å². The van der Waals surface area contributed by atoms with Gasteiger partial charge in [0.15, 0.2) is 23.2 Å². The van der Waals surface area contributed by atoms with E-state index in [-0.39, 0.29) is 12.6 Å². The summed E-state index contributed by atoms with van der Waals surface area (Å²) >= 11 is 2.39. The van der Waals surface area contributed by atoms with Crippen molar-refractivity contribution in [1.29, 1.82) is 0 Å². The molecule has 9 nitrogen and oxygen atoms in total. The van der Waals surface area contributed by atoms with Crippen LogP contribution in [0.25, 0.3) is 11.2 Å². The van der Waals surface area contributed by atoms with E-state index in [0.717, 1.165) is 6.42 Å². The van der Waals surface area contributed by atoms with Crippen molar-refractivity contribution in [3.05, 3.63) is 80.4 Å². The summed E-state index contributed by atoms with van der Waals surface area (Å²) in [4.78, 5) is 12.9. The molecule has 0 unspecified atom stereocenters. The number of fused-ring (bicyclic) bond motifs is 1. The van der Waals surface area contributed by atoms with Gasteiger partial charge in [-0.05, 0) is 97.5 Å². The van der Waals surface area contributed by atoms with Gasteiger partial charge < -0.3 is 25.4 Å². The summed E-state index contributed by atoms with van der Waals surface area (Å²) in [7, 11) is 0. The molecule has 39 heavy (non-hydrogen) atoms. The van der Waals surface area contributed by atoms with Gasteiger partial charge in [0, 0.05) is 9.61 Å². The number of ether oxygens (including phenoxy) is 1. The van der Waals surface area contributed by atoms with Gasteiger partial charge in [-0.3, -0.25) is 4.57 Å². The van der Waals surface area contributed by atoms with Gasteiger partial charge in [0.2, 0.25) is 0 Å². The van der Waals surface area contributed by atoms with Crippen LogP contribution in [0.3, 0.4) is 0 Å². The molecule has 0 radical (unpaired) electrons. The topological polar surface area (TPSA) is 126 Å². The zero-order valence-corrected chi connectivity index (χ0v) is 25.0. The van der Waals surface area contributed by atoms with Crippen LogP contribution in [-0.2, 0) is 11.2 Å². The monoisotopic (exact) mass is 645 g/mol. The molecule has 1 fully saturated rings. The number of halogens is 1. The smallest absolute Gasteiger partial charge is 0.167 e. The van der Waals surface area contributed by atoms with Crippen molar-refractivity contribution in [2.45, 2.75) is 71.6 Å². The molecule has 0 saturated carbocycles. The highest BCUT2D eigenvalue weighted by Gasteiger charge is 2.44. The van der Waals surface area contributed by atoms with Crippen molar-refractivity contribution in [3.8, 4) is 0 Å². The summed E-state index contributed by atoms with van der Waals surface area (Å²) in [6.07, 6.45) is -0.395. The van der Waals surface area contributed by atoms with Crippen LogP contribution in [0.1, 0.15) is 41.0 Å². The van der Waals surface area contributed by atoms with Crippen molar-refractivity contribution < 1.29 is 20.1 Å². The molecule has 0 bridgehead atoms. The molecule has 5 atom stereocenters. The molecule has 4 aromatic rings. The fourth-order valence-corrected chi connectivity index (χ4v) is 5.54. The Kier molecular flexibility index (Phi) is 9.55. The van der Waals surface area contributed by atoms with Gasteiger partial charge in [0.1, 0.15) is 24.6 Å². The lowest BCUT2D eigenvalue weighted by Gasteiger charge is -2.17. The summed E-state index contributed by atoms with van der Waals surface area (Å²) in [5, 5.41) is 32.9. The van der Waals surface area contributed by atoms with Crippen LogP contribution in [0.5, 0.6) is 0 Å². The summed E-state index contributed by atoms with van der Waals surface area (Å²) in [5.74, 6) is 0.582. The second-order valence-corrected chi connectivity index (χ2v) is 11.2. The summed E-state index contributed by atoms with van der Waals surface area (Å²) < 4.78 is 8.51. The number of hydrogen-bond donors (Lipinski definition) is 4. The third-order valence-electron chi connectivity index (χ3n) is 7.34. The zero-order valence-electron chi connectivity index (χ0n) is 22.8. The average Bonchev–Trinajstić information content (AvgIpc) is 3.48. The maximum absolute atomic E-state index is 10.3. The Labute approximate surface area is 242 Å². The number of aromatic nitrogens is 4. The normalized spacial score (nSPS) is 21.5. The number of nitrogens with zero attached hydrogens (tertiary/aromatic N) is 4. The second kappa shape index (κ2) is 12.7. The quantitative estimate of drug-likeness (QED) is 0.232. The highest BCUT2D eigenvalue weighted by atomic mass is 127. The fourth-order valence-electron chi connectivity index (χ4n) is 4.67. The van der Waals surface area contributed by atoms with Crippen LogP contribution in [0, 0.1) is 31.3 Å². The lowest BCUT2D eigenvalue weighted by Crippen LogP contribution is -2.33. The van der Waals surface area contributed by atoms with Gasteiger partial charge >= 0.3 is 0 Å². The van der Waals surface area contributed by atoms with E-state index in [9.17, 15) is 15.3 Å². The predicted molar refractivity (Wildman–Crippen MR) is 160 cm³/mol. The van der Waals surface area contributed by atoms with Crippen molar-refractivity contribution >= 4 is 39.6 Å². The number of aryl methyl sites for hydroxylation is 1. The van der Waals surface area contributed by atoms with E-state index < -0.39 is 24.5 Å². The highest BCUT2D eigenvalue weighted by Crippen LogP contribution is 2.32. The average molecular weight is 646 g/mol. The largest absolute Gasteiger partial charge is 0.394 e. The van der Waals surface area contributed by atoms with Gasteiger partial charge in [0.05, 0.1) is 12.9 Å². The number of rotatable bonds is 6. The first kappa shape index (κ1) is 29.3. The molecule has 2 aromatic carbocycles. The Morgan fingerprint density at radius 1 is 1.00 bits per heavy atom. The van der Waals surface area contributed by atoms with E-state index in [1.165, 1.54) is 44.0 Å². The summed E-state index contributed by atoms with van der Waals surface area (Å²) in [6, 6.07) is 12.5. The van der Waals surface area contributed by atoms with Crippen molar-refractivity contribution in [2.24, 2.45) is 0 Å². The molecule has 1 saturated heterocycles. The first-order valence-electron chi connectivity index (χ1n) is 13.0. The Balaban J connectivity index is 0.000000270. The predicted octanol–water partition coefficient (Wildman–Crippen LogP) is 4.01. The minimum Gasteiger partial charge on any atom is -0.394 e. The van der Waals surface area contributed by atoms with Gasteiger partial charge in [-0.2, -0.15) is 0 Å². The molecule has 1 aliphatic heterocycles. The number of hydrogen-bond acceptors (Lipinski definition) is 8. The molecule has 2 aromatic heterocycles. The van der Waals surface area contributed by atoms with Crippen molar-refractivity contribution in [1.82, 2.24) is 19.5 Å². The van der Waals surface area contributed by atoms with Crippen LogP contribution in [-0.4, -0.2) is 65.8 Å². The molecule has 0 aliphatic carbocycles. The lowest BCUT2D eigenvalue weighted by molar-refractivity contribution is -0.0511. The van der Waals surface area contributed by atoms with Crippen molar-refractivity contribution in [3.63, 3.8) is 0 Å². The van der Waals surface area contributed by atoms with Crippen LogP contribution in [0.4, 0.5) is 5.82 Å². The maximum atomic E-state index is 10.3. The van der Waals surface area contributed by atoms with Crippen LogP contribution < -0.4 is 5.32 Å². The first-order chi connectivity index (χ1) is 18.6. The van der Waals surface area contributed by atoms with Gasteiger partial charge in [-0.1, -0.05) is 30.3 Å². The molecule has 0 amide bonds. The molecule has 5 rings (SSSR count). The highest BCUT2D eigenvalue weighted by molar-refractivity contribution is 14.1. The van der Waals surface area contributed by atoms with E-state index in [1.54, 1.807) is 4.57 Å². The van der Waals surface area contributed by atoms with E-state index in [1.807, 2.05) is 18.2 Å². The van der Waals surface area contributed by atoms with Crippen molar-refractivity contribution in [2.75, 3.05) is 11.9 Å². The third kappa shape index (κ3) is 6.41. The van der Waals surface area contributed by atoms with Crippen LogP contribution in [0.15, 0.2) is 49.1 Å². The Bertz CT molecular complexity index is 1390. The molecule has 208 valence electrons. The van der Waals surface area contributed by atoms with E-state index >= 15 is 0 Å². The van der Waals surface area contributed by atoms with Gasteiger partial charge in [-0.15, -0.1) is 0 Å². The zero-order chi connectivity index (χ0) is 28.3. The molecule has 3 heterocycles. The third-order valence-corrected chi connectivity index (χ3v) is 8.46.